The van der Waals surface area contributed by atoms with E-state index in [0.29, 0.717) is 32.0 Å². The van der Waals surface area contributed by atoms with Gasteiger partial charge in [0.2, 0.25) is 5.91 Å². The van der Waals surface area contributed by atoms with E-state index in [1.165, 1.54) is 0 Å². The van der Waals surface area contributed by atoms with Crippen molar-refractivity contribution in [1.82, 2.24) is 5.32 Å². The summed E-state index contributed by atoms with van der Waals surface area (Å²) >= 11 is 3.39. The van der Waals surface area contributed by atoms with Gasteiger partial charge in [-0.25, -0.2) is 0 Å². The summed E-state index contributed by atoms with van der Waals surface area (Å²) in [6.45, 7) is 4.17. The normalized spacial score (nSPS) is 19.3. The fourth-order valence-corrected chi connectivity index (χ4v) is 2.57. The molecule has 104 valence electrons. The molecule has 1 aliphatic heterocycles. The molecular weight excluding hydrogens is 310 g/mol. The monoisotopic (exact) mass is 327 g/mol. The zero-order valence-corrected chi connectivity index (χ0v) is 12.4. The number of halogens is 1. The number of nitrogens with zero attached hydrogens (tertiary/aromatic N) is 1. The van der Waals surface area contributed by atoms with Crippen molar-refractivity contribution >= 4 is 33.2 Å². The Bertz CT molecular complexity index is 467. The Kier molecular flexibility index (Phi) is 4.66. The molecule has 1 heterocycles. The summed E-state index contributed by atoms with van der Waals surface area (Å²) in [6.07, 6.45) is 0. The molecule has 0 saturated carbocycles. The minimum atomic E-state index is -0.322. The van der Waals surface area contributed by atoms with E-state index in [0.717, 1.165) is 10.2 Å². The topological polar surface area (TPSA) is 67.6 Å². The lowest BCUT2D eigenvalue weighted by molar-refractivity contribution is -0.124. The molecule has 0 radical (unpaired) electrons. The Morgan fingerprint density at radius 1 is 1.63 bits per heavy atom. The molecule has 2 rings (SSSR count). The molecule has 6 heteroatoms. The van der Waals surface area contributed by atoms with Gasteiger partial charge in [0.1, 0.15) is 6.04 Å². The first-order valence-electron chi connectivity index (χ1n) is 6.30. The molecule has 1 fully saturated rings. The third-order valence-electron chi connectivity index (χ3n) is 3.08. The van der Waals surface area contributed by atoms with Gasteiger partial charge in [0.15, 0.2) is 0 Å². The van der Waals surface area contributed by atoms with Gasteiger partial charge >= 0.3 is 0 Å². The van der Waals surface area contributed by atoms with Crippen LogP contribution in [0.25, 0.3) is 0 Å². The van der Waals surface area contributed by atoms with Gasteiger partial charge in [0, 0.05) is 17.6 Å². The van der Waals surface area contributed by atoms with Gasteiger partial charge in [-0.3, -0.25) is 4.79 Å². The van der Waals surface area contributed by atoms with Crippen LogP contribution in [0.15, 0.2) is 22.7 Å². The predicted octanol–water partition coefficient (Wildman–Crippen LogP) is 1.37. The van der Waals surface area contributed by atoms with Crippen LogP contribution >= 0.6 is 15.9 Å². The Morgan fingerprint density at radius 2 is 2.42 bits per heavy atom. The Morgan fingerprint density at radius 3 is 3.11 bits per heavy atom. The zero-order valence-electron chi connectivity index (χ0n) is 10.9. The molecule has 0 bridgehead atoms. The first-order valence-corrected chi connectivity index (χ1v) is 7.10. The van der Waals surface area contributed by atoms with E-state index in [2.05, 4.69) is 21.2 Å². The van der Waals surface area contributed by atoms with Gasteiger partial charge in [0.25, 0.3) is 0 Å². The van der Waals surface area contributed by atoms with E-state index in [4.69, 9.17) is 10.5 Å². The maximum Gasteiger partial charge on any atom is 0.245 e. The number of nitrogens with one attached hydrogen (secondary N) is 1. The van der Waals surface area contributed by atoms with Crippen molar-refractivity contribution in [3.63, 3.8) is 0 Å². The predicted molar refractivity (Wildman–Crippen MR) is 79.2 cm³/mol. The molecule has 0 aromatic heterocycles. The summed E-state index contributed by atoms with van der Waals surface area (Å²) in [5, 5.41) is 2.84. The Balaban J connectivity index is 2.26. The summed E-state index contributed by atoms with van der Waals surface area (Å²) in [7, 11) is 0. The second-order valence-electron chi connectivity index (χ2n) is 4.38. The zero-order chi connectivity index (χ0) is 13.8. The number of carbonyl (C=O) groups excluding carboxylic acids is 1. The quantitative estimate of drug-likeness (QED) is 0.823. The highest BCUT2D eigenvalue weighted by molar-refractivity contribution is 9.10. The SMILES string of the molecule is CCNC(=O)C1COCCN1c1ccc(Br)cc1N. The molecule has 1 amide bonds. The minimum Gasteiger partial charge on any atom is -0.397 e. The van der Waals surface area contributed by atoms with Crippen molar-refractivity contribution in [2.45, 2.75) is 13.0 Å². The Labute approximate surface area is 121 Å². The molecule has 1 saturated heterocycles. The maximum absolute atomic E-state index is 12.1. The number of hydrogen-bond donors (Lipinski definition) is 2. The number of ether oxygens (including phenoxy) is 1. The third kappa shape index (κ3) is 3.19. The fourth-order valence-electron chi connectivity index (χ4n) is 2.19. The number of amides is 1. The molecule has 5 nitrogen and oxygen atoms in total. The van der Waals surface area contributed by atoms with E-state index in [1.807, 2.05) is 30.0 Å². The molecule has 0 spiro atoms. The van der Waals surface area contributed by atoms with Gasteiger partial charge in [0.05, 0.1) is 24.6 Å². The summed E-state index contributed by atoms with van der Waals surface area (Å²) in [6, 6.07) is 5.38. The molecule has 1 aromatic carbocycles. The van der Waals surface area contributed by atoms with Gasteiger partial charge in [-0.05, 0) is 25.1 Å². The van der Waals surface area contributed by atoms with Crippen LogP contribution in [-0.4, -0.2) is 38.3 Å². The lowest BCUT2D eigenvalue weighted by atomic mass is 10.1. The van der Waals surface area contributed by atoms with E-state index >= 15 is 0 Å². The highest BCUT2D eigenvalue weighted by Crippen LogP contribution is 2.29. The number of nitrogen functional groups attached to an aromatic ring is 1. The third-order valence-corrected chi connectivity index (χ3v) is 3.57. The number of morpholine rings is 1. The summed E-state index contributed by atoms with van der Waals surface area (Å²) < 4.78 is 6.34. The van der Waals surface area contributed by atoms with Crippen LogP contribution in [0, 0.1) is 0 Å². The molecule has 1 aromatic rings. The van der Waals surface area contributed by atoms with Crippen molar-refractivity contribution in [3.8, 4) is 0 Å². The molecule has 1 atom stereocenters. The van der Waals surface area contributed by atoms with E-state index in [9.17, 15) is 4.79 Å². The first-order chi connectivity index (χ1) is 9.13. The number of nitrogens with two attached hydrogens (primary N) is 1. The molecule has 1 aliphatic rings. The molecule has 19 heavy (non-hydrogen) atoms. The second-order valence-corrected chi connectivity index (χ2v) is 5.30. The van der Waals surface area contributed by atoms with Crippen LogP contribution < -0.4 is 16.0 Å². The van der Waals surface area contributed by atoms with Crippen molar-refractivity contribution in [2.24, 2.45) is 0 Å². The van der Waals surface area contributed by atoms with Crippen molar-refractivity contribution in [3.05, 3.63) is 22.7 Å². The average Bonchev–Trinajstić information content (AvgIpc) is 2.39. The second kappa shape index (κ2) is 6.25. The van der Waals surface area contributed by atoms with Crippen LogP contribution in [0.2, 0.25) is 0 Å². The maximum atomic E-state index is 12.1. The van der Waals surface area contributed by atoms with Gasteiger partial charge < -0.3 is 20.7 Å². The van der Waals surface area contributed by atoms with Crippen LogP contribution in [0.4, 0.5) is 11.4 Å². The fraction of sp³-hybridized carbons (Fsp3) is 0.462. The number of likely N-dealkylation sites (N-methyl/N-ethyl adjacent to an activating group) is 1. The number of benzene rings is 1. The van der Waals surface area contributed by atoms with Crippen LogP contribution in [0.3, 0.4) is 0 Å². The number of hydrogen-bond acceptors (Lipinski definition) is 4. The van der Waals surface area contributed by atoms with Gasteiger partial charge in [-0.15, -0.1) is 0 Å². The molecule has 1 unspecified atom stereocenters. The highest BCUT2D eigenvalue weighted by Gasteiger charge is 2.30. The molecule has 3 N–H and O–H groups in total. The number of carbonyl (C=O) groups is 1. The molecular formula is C13H18BrN3O2. The van der Waals surface area contributed by atoms with Crippen molar-refractivity contribution in [2.75, 3.05) is 36.9 Å². The lowest BCUT2D eigenvalue weighted by Gasteiger charge is -2.36. The van der Waals surface area contributed by atoms with Crippen molar-refractivity contribution < 1.29 is 9.53 Å². The largest absolute Gasteiger partial charge is 0.397 e. The lowest BCUT2D eigenvalue weighted by Crippen LogP contribution is -2.54. The minimum absolute atomic E-state index is 0.0236. The van der Waals surface area contributed by atoms with Crippen LogP contribution in [0.1, 0.15) is 6.92 Å². The van der Waals surface area contributed by atoms with E-state index in [-0.39, 0.29) is 11.9 Å². The van der Waals surface area contributed by atoms with Gasteiger partial charge in [-0.1, -0.05) is 15.9 Å². The van der Waals surface area contributed by atoms with Gasteiger partial charge in [-0.2, -0.15) is 0 Å². The van der Waals surface area contributed by atoms with E-state index < -0.39 is 0 Å². The van der Waals surface area contributed by atoms with E-state index in [1.54, 1.807) is 0 Å². The summed E-state index contributed by atoms with van der Waals surface area (Å²) in [4.78, 5) is 14.1. The number of rotatable bonds is 3. The average molecular weight is 328 g/mol. The number of anilines is 2. The first kappa shape index (κ1) is 14.1. The standard InChI is InChI=1S/C13H18BrN3O2/c1-2-16-13(18)12-8-19-6-5-17(12)11-4-3-9(14)7-10(11)15/h3-4,7,12H,2,5-6,8,15H2,1H3,(H,16,18). The highest BCUT2D eigenvalue weighted by atomic mass is 79.9. The smallest absolute Gasteiger partial charge is 0.245 e. The van der Waals surface area contributed by atoms with Crippen LogP contribution in [0.5, 0.6) is 0 Å². The molecule has 0 aliphatic carbocycles. The summed E-state index contributed by atoms with van der Waals surface area (Å²) in [5.41, 5.74) is 7.58. The summed E-state index contributed by atoms with van der Waals surface area (Å²) in [5.74, 6) is -0.0236. The van der Waals surface area contributed by atoms with Crippen molar-refractivity contribution in [1.29, 1.82) is 0 Å². The Hall–Kier alpha value is -1.27. The van der Waals surface area contributed by atoms with Crippen LogP contribution in [-0.2, 0) is 9.53 Å².